The summed E-state index contributed by atoms with van der Waals surface area (Å²) >= 11 is 0. The van der Waals surface area contributed by atoms with E-state index >= 15 is 0 Å². The van der Waals surface area contributed by atoms with Gasteiger partial charge >= 0.3 is 6.03 Å². The molecule has 0 aromatic carbocycles. The van der Waals surface area contributed by atoms with Crippen molar-refractivity contribution in [3.63, 3.8) is 0 Å². The summed E-state index contributed by atoms with van der Waals surface area (Å²) in [4.78, 5) is 24.5. The zero-order chi connectivity index (χ0) is 20.1. The summed E-state index contributed by atoms with van der Waals surface area (Å²) in [5, 5.41) is 6.04. The molecule has 7 heteroatoms. The number of carbonyl (C=O) groups is 1. The minimum atomic E-state index is -0.0399. The van der Waals surface area contributed by atoms with E-state index in [9.17, 15) is 4.79 Å². The normalized spacial score (nSPS) is 20.9. The number of hydrogen-bond donors (Lipinski definition) is 2. The van der Waals surface area contributed by atoms with Gasteiger partial charge in [0.25, 0.3) is 0 Å². The Bertz CT molecular complexity index is 697. The van der Waals surface area contributed by atoms with Gasteiger partial charge in [0.2, 0.25) is 0 Å². The topological polar surface area (TPSA) is 79.4 Å². The van der Waals surface area contributed by atoms with E-state index in [0.717, 1.165) is 76.6 Å². The van der Waals surface area contributed by atoms with Crippen molar-refractivity contribution in [2.24, 2.45) is 0 Å². The van der Waals surface area contributed by atoms with Crippen LogP contribution in [0.1, 0.15) is 74.9 Å². The van der Waals surface area contributed by atoms with Crippen molar-refractivity contribution in [3.05, 3.63) is 17.1 Å². The predicted molar refractivity (Wildman–Crippen MR) is 114 cm³/mol. The van der Waals surface area contributed by atoms with Crippen LogP contribution in [0.5, 0.6) is 0 Å². The Kier molecular flexibility index (Phi) is 6.85. The molecule has 1 saturated heterocycles. The fraction of sp³-hybridized carbons (Fsp3) is 0.773. The maximum absolute atomic E-state index is 12.0. The molecule has 3 heterocycles. The molecular weight excluding hydrogens is 366 g/mol. The highest BCUT2D eigenvalue weighted by Gasteiger charge is 2.28. The number of ether oxygens (including phenoxy) is 1. The summed E-state index contributed by atoms with van der Waals surface area (Å²) in [6, 6.07) is 0.197. The molecule has 1 saturated carbocycles. The van der Waals surface area contributed by atoms with Gasteiger partial charge in [-0.25, -0.2) is 14.8 Å². The molecule has 0 unspecified atom stereocenters. The number of hydrogen-bond acceptors (Lipinski definition) is 5. The Morgan fingerprint density at radius 2 is 1.86 bits per heavy atom. The number of piperidine rings is 1. The first-order chi connectivity index (χ1) is 14.2. The van der Waals surface area contributed by atoms with Crippen LogP contribution in [0.2, 0.25) is 0 Å². The van der Waals surface area contributed by atoms with Gasteiger partial charge in [-0.2, -0.15) is 0 Å². The molecular formula is C22H35N5O2. The van der Waals surface area contributed by atoms with Crippen molar-refractivity contribution < 1.29 is 9.53 Å². The number of urea groups is 1. The highest BCUT2D eigenvalue weighted by Crippen LogP contribution is 2.35. The van der Waals surface area contributed by atoms with Gasteiger partial charge in [0.15, 0.2) is 0 Å². The van der Waals surface area contributed by atoms with Crippen LogP contribution in [0.25, 0.3) is 0 Å². The van der Waals surface area contributed by atoms with Gasteiger partial charge in [-0.15, -0.1) is 0 Å². The quantitative estimate of drug-likeness (QED) is 0.793. The lowest BCUT2D eigenvalue weighted by molar-refractivity contribution is 0.146. The van der Waals surface area contributed by atoms with Crippen LogP contribution in [-0.4, -0.2) is 54.9 Å². The SMILES string of the molecule is CCCNC(=O)NC1CCN(c2nc(C3CCCC3)nc3c2CCOCC3)CC1. The monoisotopic (exact) mass is 401 g/mol. The number of nitrogens with one attached hydrogen (secondary N) is 2. The lowest BCUT2D eigenvalue weighted by Gasteiger charge is -2.34. The molecule has 1 aromatic heterocycles. The minimum Gasteiger partial charge on any atom is -0.381 e. The Hall–Kier alpha value is -1.89. The third kappa shape index (κ3) is 5.00. The number of aromatic nitrogens is 2. The van der Waals surface area contributed by atoms with E-state index < -0.39 is 0 Å². The molecule has 160 valence electrons. The molecule has 29 heavy (non-hydrogen) atoms. The van der Waals surface area contributed by atoms with Crippen molar-refractivity contribution in [2.45, 2.75) is 76.7 Å². The van der Waals surface area contributed by atoms with E-state index in [0.29, 0.717) is 5.92 Å². The highest BCUT2D eigenvalue weighted by molar-refractivity contribution is 5.74. The largest absolute Gasteiger partial charge is 0.381 e. The molecule has 2 N–H and O–H groups in total. The fourth-order valence-electron chi connectivity index (χ4n) is 4.78. The van der Waals surface area contributed by atoms with Crippen molar-refractivity contribution in [1.29, 1.82) is 0 Å². The van der Waals surface area contributed by atoms with E-state index in [1.807, 2.05) is 0 Å². The molecule has 1 aliphatic carbocycles. The van der Waals surface area contributed by atoms with Crippen molar-refractivity contribution >= 4 is 11.8 Å². The average molecular weight is 402 g/mol. The van der Waals surface area contributed by atoms with Gasteiger partial charge in [-0.1, -0.05) is 19.8 Å². The summed E-state index contributed by atoms with van der Waals surface area (Å²) in [5.74, 6) is 2.71. The number of anilines is 1. The van der Waals surface area contributed by atoms with Gasteiger partial charge in [-0.05, 0) is 32.1 Å². The summed E-state index contributed by atoms with van der Waals surface area (Å²) in [6.07, 6.45) is 9.66. The number of amides is 2. The second kappa shape index (κ2) is 9.74. The number of carbonyl (C=O) groups excluding carboxylic acids is 1. The van der Waals surface area contributed by atoms with Crippen LogP contribution < -0.4 is 15.5 Å². The van der Waals surface area contributed by atoms with Crippen LogP contribution in [0, 0.1) is 0 Å². The van der Waals surface area contributed by atoms with Crippen LogP contribution in [0.4, 0.5) is 10.6 Å². The molecule has 0 atom stereocenters. The van der Waals surface area contributed by atoms with Gasteiger partial charge in [-0.3, -0.25) is 0 Å². The van der Waals surface area contributed by atoms with Crippen LogP contribution in [-0.2, 0) is 17.6 Å². The van der Waals surface area contributed by atoms with Crippen LogP contribution >= 0.6 is 0 Å². The second-order valence-corrected chi connectivity index (χ2v) is 8.59. The molecule has 1 aromatic rings. The zero-order valence-electron chi connectivity index (χ0n) is 17.7. The zero-order valence-corrected chi connectivity index (χ0v) is 17.7. The predicted octanol–water partition coefficient (Wildman–Crippen LogP) is 2.93. The first kappa shape index (κ1) is 20.4. The van der Waals surface area contributed by atoms with E-state index in [4.69, 9.17) is 14.7 Å². The smallest absolute Gasteiger partial charge is 0.315 e. The maximum Gasteiger partial charge on any atom is 0.315 e. The molecule has 0 bridgehead atoms. The fourth-order valence-corrected chi connectivity index (χ4v) is 4.78. The molecule has 7 nitrogen and oxygen atoms in total. The van der Waals surface area contributed by atoms with Gasteiger partial charge in [0.05, 0.1) is 18.9 Å². The summed E-state index contributed by atoms with van der Waals surface area (Å²) in [5.41, 5.74) is 2.49. The standard InChI is InChI=1S/C22H35N5O2/c1-2-11-23-22(28)24-17-7-12-27(13-8-17)21-18-9-14-29-15-10-19(18)25-20(26-21)16-5-3-4-6-16/h16-17H,2-15H2,1H3,(H2,23,24,28). The van der Waals surface area contributed by atoms with E-state index in [1.165, 1.54) is 36.9 Å². The summed E-state index contributed by atoms with van der Waals surface area (Å²) in [7, 11) is 0. The van der Waals surface area contributed by atoms with Crippen LogP contribution in [0.3, 0.4) is 0 Å². The Morgan fingerprint density at radius 1 is 1.10 bits per heavy atom. The van der Waals surface area contributed by atoms with Crippen molar-refractivity contribution in [1.82, 2.24) is 20.6 Å². The molecule has 0 spiro atoms. The van der Waals surface area contributed by atoms with Crippen molar-refractivity contribution in [2.75, 3.05) is 37.7 Å². The second-order valence-electron chi connectivity index (χ2n) is 8.59. The molecule has 3 aliphatic rings. The third-order valence-electron chi connectivity index (χ3n) is 6.45. The van der Waals surface area contributed by atoms with Gasteiger partial charge in [0.1, 0.15) is 11.6 Å². The van der Waals surface area contributed by atoms with Gasteiger partial charge < -0.3 is 20.3 Å². The maximum atomic E-state index is 12.0. The Morgan fingerprint density at radius 3 is 2.62 bits per heavy atom. The molecule has 2 fully saturated rings. The molecule has 4 rings (SSSR count). The summed E-state index contributed by atoms with van der Waals surface area (Å²) in [6.45, 7) is 6.15. The van der Waals surface area contributed by atoms with Crippen molar-refractivity contribution in [3.8, 4) is 0 Å². The highest BCUT2D eigenvalue weighted by atomic mass is 16.5. The third-order valence-corrected chi connectivity index (χ3v) is 6.45. The summed E-state index contributed by atoms with van der Waals surface area (Å²) < 4.78 is 5.74. The lowest BCUT2D eigenvalue weighted by Crippen LogP contribution is -2.48. The molecule has 0 radical (unpaired) electrons. The van der Waals surface area contributed by atoms with E-state index in [2.05, 4.69) is 22.5 Å². The average Bonchev–Trinajstić information content (AvgIpc) is 3.18. The molecule has 2 aliphatic heterocycles. The number of fused-ring (bicyclic) bond motifs is 1. The minimum absolute atomic E-state index is 0.0399. The first-order valence-corrected chi connectivity index (χ1v) is 11.5. The Labute approximate surface area is 174 Å². The molecule has 2 amide bonds. The lowest BCUT2D eigenvalue weighted by atomic mass is 10.0. The first-order valence-electron chi connectivity index (χ1n) is 11.5. The number of rotatable bonds is 5. The van der Waals surface area contributed by atoms with Gasteiger partial charge in [0, 0.05) is 50.0 Å². The van der Waals surface area contributed by atoms with E-state index in [1.54, 1.807) is 0 Å². The number of nitrogens with zero attached hydrogens (tertiary/aromatic N) is 3. The van der Waals surface area contributed by atoms with E-state index in [-0.39, 0.29) is 12.1 Å². The Balaban J connectivity index is 1.47. The van der Waals surface area contributed by atoms with Crippen LogP contribution in [0.15, 0.2) is 0 Å².